The number of aromatic nitrogens is 4. The molecule has 6 heteroatoms. The van der Waals surface area contributed by atoms with Crippen molar-refractivity contribution < 1.29 is 5.21 Å². The number of nitrogens with zero attached hydrogens (tertiary/aromatic N) is 4. The first-order valence-corrected chi connectivity index (χ1v) is 3.59. The first kappa shape index (κ1) is 7.66. The average molecular weight is 178 g/mol. The van der Waals surface area contributed by atoms with Crippen LogP contribution >= 0.6 is 0 Å². The van der Waals surface area contributed by atoms with E-state index in [1.165, 1.54) is 6.20 Å². The molecule has 0 atom stereocenters. The first-order valence-electron chi connectivity index (χ1n) is 3.59. The third kappa shape index (κ3) is 1.12. The first-order chi connectivity index (χ1) is 6.18. The Balaban J connectivity index is 2.95. The minimum absolute atomic E-state index is 0.0654. The van der Waals surface area contributed by atoms with E-state index in [4.69, 9.17) is 5.21 Å². The van der Waals surface area contributed by atoms with Gasteiger partial charge >= 0.3 is 5.56 Å². The number of rotatable bonds is 0. The molecule has 1 N–H and O–H groups in total. The number of fused-ring (bicyclic) bond motifs is 1. The van der Waals surface area contributed by atoms with Crippen LogP contribution in [0.15, 0.2) is 17.3 Å². The monoisotopic (exact) mass is 178 g/mol. The van der Waals surface area contributed by atoms with Gasteiger partial charge in [0.1, 0.15) is 6.33 Å². The van der Waals surface area contributed by atoms with Crippen LogP contribution in [0.1, 0.15) is 5.69 Å². The Morgan fingerprint density at radius 2 is 2.23 bits per heavy atom. The maximum absolute atomic E-state index is 11.2. The van der Waals surface area contributed by atoms with Crippen LogP contribution in [-0.4, -0.2) is 24.9 Å². The lowest BCUT2D eigenvalue weighted by Gasteiger charge is -1.97. The van der Waals surface area contributed by atoms with Gasteiger partial charge in [-0.2, -0.15) is 0 Å². The summed E-state index contributed by atoms with van der Waals surface area (Å²) in [7, 11) is 0. The Morgan fingerprint density at radius 3 is 3.00 bits per heavy atom. The highest BCUT2D eigenvalue weighted by atomic mass is 16.5. The van der Waals surface area contributed by atoms with Crippen molar-refractivity contribution in [1.82, 2.24) is 19.7 Å². The molecule has 0 aromatic carbocycles. The summed E-state index contributed by atoms with van der Waals surface area (Å²) in [4.78, 5) is 22.8. The molecular weight excluding hydrogens is 172 g/mol. The second kappa shape index (κ2) is 2.51. The van der Waals surface area contributed by atoms with E-state index in [1.54, 1.807) is 6.92 Å². The predicted octanol–water partition coefficient (Wildman–Crippen LogP) is -0.268. The molecule has 0 aliphatic carbocycles. The summed E-state index contributed by atoms with van der Waals surface area (Å²) in [5, 5.41) is 8.96. The average Bonchev–Trinajstić information content (AvgIpc) is 2.12. The van der Waals surface area contributed by atoms with Crippen molar-refractivity contribution in [3.05, 3.63) is 28.6 Å². The molecule has 66 valence electrons. The zero-order valence-corrected chi connectivity index (χ0v) is 6.80. The van der Waals surface area contributed by atoms with Gasteiger partial charge in [0.2, 0.25) is 0 Å². The zero-order chi connectivity index (χ0) is 9.42. The summed E-state index contributed by atoms with van der Waals surface area (Å²) < 4.78 is 0.381. The van der Waals surface area contributed by atoms with E-state index in [1.807, 2.05) is 0 Å². The van der Waals surface area contributed by atoms with E-state index in [0.717, 1.165) is 6.33 Å². The van der Waals surface area contributed by atoms with E-state index < -0.39 is 5.56 Å². The number of hydrogen-bond acceptors (Lipinski definition) is 5. The second-order valence-electron chi connectivity index (χ2n) is 2.58. The van der Waals surface area contributed by atoms with E-state index in [2.05, 4.69) is 15.0 Å². The normalized spacial score (nSPS) is 10.5. The molecule has 13 heavy (non-hydrogen) atoms. The summed E-state index contributed by atoms with van der Waals surface area (Å²) in [5.41, 5.74) is 0.374. The van der Waals surface area contributed by atoms with Gasteiger partial charge in [-0.1, -0.05) is 0 Å². The van der Waals surface area contributed by atoms with Crippen LogP contribution in [0.2, 0.25) is 0 Å². The minimum Gasteiger partial charge on any atom is -0.424 e. The van der Waals surface area contributed by atoms with Gasteiger partial charge < -0.3 is 5.21 Å². The number of hydrogen-bond donors (Lipinski definition) is 1. The highest BCUT2D eigenvalue weighted by molar-refractivity contribution is 5.67. The maximum atomic E-state index is 11.2. The Bertz CT molecular complexity index is 519. The Labute approximate surface area is 72.5 Å². The Kier molecular flexibility index (Phi) is 1.48. The lowest BCUT2D eigenvalue weighted by Crippen LogP contribution is -2.19. The molecule has 0 saturated carbocycles. The third-order valence-corrected chi connectivity index (χ3v) is 1.57. The van der Waals surface area contributed by atoms with Crippen LogP contribution < -0.4 is 5.56 Å². The van der Waals surface area contributed by atoms with Crippen molar-refractivity contribution in [3.8, 4) is 0 Å². The van der Waals surface area contributed by atoms with Crippen LogP contribution in [0.5, 0.6) is 0 Å². The van der Waals surface area contributed by atoms with Crippen molar-refractivity contribution in [2.24, 2.45) is 0 Å². The van der Waals surface area contributed by atoms with Gasteiger partial charge in [0.25, 0.3) is 0 Å². The smallest absolute Gasteiger partial charge is 0.314 e. The lowest BCUT2D eigenvalue weighted by atomic mass is 10.4. The molecule has 2 heterocycles. The van der Waals surface area contributed by atoms with Crippen LogP contribution in [0.25, 0.3) is 11.2 Å². The van der Waals surface area contributed by atoms with Gasteiger partial charge in [0, 0.05) is 6.20 Å². The van der Waals surface area contributed by atoms with Crippen LogP contribution in [-0.2, 0) is 0 Å². The molecular formula is C7H6N4O2. The van der Waals surface area contributed by atoms with Gasteiger partial charge in [-0.05, 0) is 6.92 Å². The fourth-order valence-corrected chi connectivity index (χ4v) is 0.976. The fourth-order valence-electron chi connectivity index (χ4n) is 0.976. The summed E-state index contributed by atoms with van der Waals surface area (Å²) in [6.07, 6.45) is 2.45. The van der Waals surface area contributed by atoms with Crippen molar-refractivity contribution in [1.29, 1.82) is 0 Å². The Morgan fingerprint density at radius 1 is 1.46 bits per heavy atom. The molecule has 0 unspecified atom stereocenters. The molecule has 2 aromatic rings. The van der Waals surface area contributed by atoms with Crippen LogP contribution in [0.4, 0.5) is 0 Å². The van der Waals surface area contributed by atoms with Crippen molar-refractivity contribution in [2.75, 3.05) is 0 Å². The fraction of sp³-hybridized carbons (Fsp3) is 0.143. The van der Waals surface area contributed by atoms with E-state index in [9.17, 15) is 4.79 Å². The zero-order valence-electron chi connectivity index (χ0n) is 6.80. The molecule has 0 aliphatic heterocycles. The molecule has 0 radical (unpaired) electrons. The molecule has 0 bridgehead atoms. The topological polar surface area (TPSA) is 80.9 Å². The van der Waals surface area contributed by atoms with E-state index in [0.29, 0.717) is 10.4 Å². The van der Waals surface area contributed by atoms with Crippen molar-refractivity contribution >= 4 is 11.2 Å². The molecule has 0 aliphatic rings. The second-order valence-corrected chi connectivity index (χ2v) is 2.58. The molecule has 2 aromatic heterocycles. The molecule has 0 saturated heterocycles. The summed E-state index contributed by atoms with van der Waals surface area (Å²) in [6, 6.07) is 0. The lowest BCUT2D eigenvalue weighted by molar-refractivity contribution is 0.173. The van der Waals surface area contributed by atoms with E-state index in [-0.39, 0.29) is 11.2 Å². The van der Waals surface area contributed by atoms with Crippen LogP contribution in [0, 0.1) is 6.92 Å². The Hall–Kier alpha value is -1.98. The highest BCUT2D eigenvalue weighted by Gasteiger charge is 2.04. The van der Waals surface area contributed by atoms with Gasteiger partial charge in [-0.15, -0.1) is 4.73 Å². The van der Waals surface area contributed by atoms with Gasteiger partial charge in [-0.3, -0.25) is 4.79 Å². The van der Waals surface area contributed by atoms with Crippen molar-refractivity contribution in [3.63, 3.8) is 0 Å². The summed E-state index contributed by atoms with van der Waals surface area (Å²) in [5.74, 6) is 0. The van der Waals surface area contributed by atoms with Gasteiger partial charge in [0.05, 0.1) is 5.69 Å². The molecule has 2 rings (SSSR count). The summed E-state index contributed by atoms with van der Waals surface area (Å²) in [6.45, 7) is 1.75. The summed E-state index contributed by atoms with van der Waals surface area (Å²) >= 11 is 0. The predicted molar refractivity (Wildman–Crippen MR) is 43.5 cm³/mol. The van der Waals surface area contributed by atoms with Crippen molar-refractivity contribution in [2.45, 2.75) is 6.92 Å². The SMILES string of the molecule is Cc1cnc2c(=O)n(O)cnc2n1. The molecule has 0 fully saturated rings. The highest BCUT2D eigenvalue weighted by Crippen LogP contribution is 1.99. The standard InChI is InChI=1S/C7H6N4O2/c1-4-2-8-5-6(10-4)9-3-11(13)7(5)12/h2-3,13H,1H3. The van der Waals surface area contributed by atoms with E-state index >= 15 is 0 Å². The maximum Gasteiger partial charge on any atom is 0.314 e. The largest absolute Gasteiger partial charge is 0.424 e. The third-order valence-electron chi connectivity index (χ3n) is 1.57. The molecule has 0 amide bonds. The quantitative estimate of drug-likeness (QED) is 0.562. The molecule has 0 spiro atoms. The van der Waals surface area contributed by atoms with Gasteiger partial charge in [0.15, 0.2) is 11.2 Å². The van der Waals surface area contributed by atoms with Crippen LogP contribution in [0.3, 0.4) is 0 Å². The van der Waals surface area contributed by atoms with Gasteiger partial charge in [-0.25, -0.2) is 15.0 Å². The number of aryl methyl sites for hydroxylation is 1. The minimum atomic E-state index is -0.613. The molecule has 6 nitrogen and oxygen atoms in total.